The average molecular weight is 141 g/mol. The molecule has 2 aliphatic heterocycles. The number of nitrogens with zero attached hydrogens (tertiary/aromatic N) is 1. The summed E-state index contributed by atoms with van der Waals surface area (Å²) < 4.78 is 5.55. The van der Waals surface area contributed by atoms with E-state index in [1.54, 1.807) is 0 Å². The molecule has 0 unspecified atom stereocenters. The molecule has 0 aromatic carbocycles. The van der Waals surface area contributed by atoms with Gasteiger partial charge in [0.25, 0.3) is 0 Å². The van der Waals surface area contributed by atoms with Gasteiger partial charge < -0.3 is 4.74 Å². The molecule has 2 atom stereocenters. The third-order valence-corrected chi connectivity index (χ3v) is 2.56. The van der Waals surface area contributed by atoms with Crippen molar-refractivity contribution >= 4 is 0 Å². The van der Waals surface area contributed by atoms with Gasteiger partial charge in [0.2, 0.25) is 0 Å². The van der Waals surface area contributed by atoms with Crippen molar-refractivity contribution in [3.8, 4) is 0 Å². The van der Waals surface area contributed by atoms with E-state index in [1.165, 1.54) is 19.4 Å². The van der Waals surface area contributed by atoms with E-state index in [4.69, 9.17) is 4.74 Å². The van der Waals surface area contributed by atoms with Crippen molar-refractivity contribution < 1.29 is 4.74 Å². The van der Waals surface area contributed by atoms with E-state index in [-0.39, 0.29) is 0 Å². The minimum Gasteiger partial charge on any atom is -0.376 e. The number of rotatable bonds is 0. The second-order valence-corrected chi connectivity index (χ2v) is 3.43. The number of hydrogen-bond donors (Lipinski definition) is 0. The largest absolute Gasteiger partial charge is 0.376 e. The van der Waals surface area contributed by atoms with Crippen LogP contribution in [0.4, 0.5) is 0 Å². The molecule has 2 fully saturated rings. The van der Waals surface area contributed by atoms with Crippen LogP contribution < -0.4 is 0 Å². The monoisotopic (exact) mass is 141 g/mol. The molecule has 0 N–H and O–H groups in total. The first-order valence-electron chi connectivity index (χ1n) is 4.22. The molecule has 2 heteroatoms. The lowest BCUT2D eigenvalue weighted by molar-refractivity contribution is -0.0389. The Kier molecular flexibility index (Phi) is 1.66. The number of morpholine rings is 1. The minimum atomic E-state index is 0.467. The summed E-state index contributed by atoms with van der Waals surface area (Å²) in [6, 6.07) is 0.760. The Balaban J connectivity index is 1.96. The normalized spacial score (nSPS) is 41.7. The molecule has 2 aliphatic rings. The highest BCUT2D eigenvalue weighted by Gasteiger charge is 2.29. The standard InChI is InChI=1S/C8H15NO/c1-7-5-9-4-2-3-8(9)6-10-7/h7-8H,2-6H2,1H3/t7-,8+/m0/s1. The third-order valence-electron chi connectivity index (χ3n) is 2.56. The van der Waals surface area contributed by atoms with Crippen molar-refractivity contribution in [3.63, 3.8) is 0 Å². The second-order valence-electron chi connectivity index (χ2n) is 3.43. The SMILES string of the molecule is C[C@H]1CN2CCC[C@@H]2CO1. The van der Waals surface area contributed by atoms with Crippen molar-refractivity contribution in [2.45, 2.75) is 31.9 Å². The first kappa shape index (κ1) is 6.62. The molecule has 0 aromatic heterocycles. The maximum Gasteiger partial charge on any atom is 0.0674 e. The van der Waals surface area contributed by atoms with E-state index in [0.29, 0.717) is 6.10 Å². The summed E-state index contributed by atoms with van der Waals surface area (Å²) in [7, 11) is 0. The van der Waals surface area contributed by atoms with Gasteiger partial charge in [0, 0.05) is 12.6 Å². The quantitative estimate of drug-likeness (QED) is 0.496. The summed E-state index contributed by atoms with van der Waals surface area (Å²) in [5.41, 5.74) is 0. The van der Waals surface area contributed by atoms with Gasteiger partial charge in [-0.3, -0.25) is 4.90 Å². The molecule has 0 aromatic rings. The maximum atomic E-state index is 5.55. The molecule has 58 valence electrons. The molecule has 2 rings (SSSR count). The maximum absolute atomic E-state index is 5.55. The minimum absolute atomic E-state index is 0.467. The second kappa shape index (κ2) is 2.51. The number of fused-ring (bicyclic) bond motifs is 1. The predicted molar refractivity (Wildman–Crippen MR) is 40.0 cm³/mol. The van der Waals surface area contributed by atoms with Gasteiger partial charge in [-0.1, -0.05) is 0 Å². The highest BCUT2D eigenvalue weighted by molar-refractivity contribution is 4.83. The summed E-state index contributed by atoms with van der Waals surface area (Å²) in [5.74, 6) is 0. The van der Waals surface area contributed by atoms with Gasteiger partial charge in [-0.2, -0.15) is 0 Å². The fraction of sp³-hybridized carbons (Fsp3) is 1.00. The van der Waals surface area contributed by atoms with Gasteiger partial charge >= 0.3 is 0 Å². The Morgan fingerprint density at radius 1 is 1.50 bits per heavy atom. The van der Waals surface area contributed by atoms with Crippen LogP contribution in [0.2, 0.25) is 0 Å². The summed E-state index contributed by atoms with van der Waals surface area (Å²) in [6.07, 6.45) is 3.20. The summed E-state index contributed by atoms with van der Waals surface area (Å²) in [6.45, 7) is 5.60. The van der Waals surface area contributed by atoms with Crippen LogP contribution in [0.3, 0.4) is 0 Å². The van der Waals surface area contributed by atoms with Gasteiger partial charge in [-0.05, 0) is 26.3 Å². The van der Waals surface area contributed by atoms with Crippen LogP contribution >= 0.6 is 0 Å². The lowest BCUT2D eigenvalue weighted by atomic mass is 10.2. The Morgan fingerprint density at radius 3 is 3.30 bits per heavy atom. The average Bonchev–Trinajstić information content (AvgIpc) is 2.33. The van der Waals surface area contributed by atoms with Crippen LogP contribution in [0.1, 0.15) is 19.8 Å². The van der Waals surface area contributed by atoms with Crippen LogP contribution in [-0.4, -0.2) is 36.7 Å². The first-order chi connectivity index (χ1) is 4.86. The highest BCUT2D eigenvalue weighted by atomic mass is 16.5. The molecule has 2 nitrogen and oxygen atoms in total. The Hall–Kier alpha value is -0.0800. The van der Waals surface area contributed by atoms with Gasteiger partial charge in [0.05, 0.1) is 12.7 Å². The summed E-state index contributed by atoms with van der Waals surface area (Å²) in [4.78, 5) is 2.56. The van der Waals surface area contributed by atoms with Crippen LogP contribution in [0.15, 0.2) is 0 Å². The molecule has 0 amide bonds. The Morgan fingerprint density at radius 2 is 2.40 bits per heavy atom. The molecular formula is C8H15NO. The highest BCUT2D eigenvalue weighted by Crippen LogP contribution is 2.21. The molecule has 0 aliphatic carbocycles. The molecule has 0 bridgehead atoms. The molecule has 10 heavy (non-hydrogen) atoms. The fourth-order valence-corrected chi connectivity index (χ4v) is 1.98. The van der Waals surface area contributed by atoms with E-state index < -0.39 is 0 Å². The molecule has 0 spiro atoms. The third kappa shape index (κ3) is 1.06. The van der Waals surface area contributed by atoms with E-state index in [9.17, 15) is 0 Å². The smallest absolute Gasteiger partial charge is 0.0674 e. The van der Waals surface area contributed by atoms with Gasteiger partial charge in [0.1, 0.15) is 0 Å². The van der Waals surface area contributed by atoms with Crippen molar-refractivity contribution in [3.05, 3.63) is 0 Å². The molecular weight excluding hydrogens is 126 g/mol. The van der Waals surface area contributed by atoms with Crippen molar-refractivity contribution in [2.24, 2.45) is 0 Å². The van der Waals surface area contributed by atoms with Crippen LogP contribution in [0, 0.1) is 0 Å². The molecule has 2 heterocycles. The fourth-order valence-electron chi connectivity index (χ4n) is 1.98. The molecule has 0 radical (unpaired) electrons. The zero-order chi connectivity index (χ0) is 6.97. The lowest BCUT2D eigenvalue weighted by Gasteiger charge is -2.33. The number of hydrogen-bond acceptors (Lipinski definition) is 2. The van der Waals surface area contributed by atoms with Crippen LogP contribution in [-0.2, 0) is 4.74 Å². The summed E-state index contributed by atoms with van der Waals surface area (Å²) >= 11 is 0. The lowest BCUT2D eigenvalue weighted by Crippen LogP contribution is -2.44. The zero-order valence-electron chi connectivity index (χ0n) is 6.55. The Labute approximate surface area is 62.2 Å². The van der Waals surface area contributed by atoms with Gasteiger partial charge in [0.15, 0.2) is 0 Å². The molecule has 0 saturated carbocycles. The van der Waals surface area contributed by atoms with Gasteiger partial charge in [-0.15, -0.1) is 0 Å². The van der Waals surface area contributed by atoms with E-state index in [1.807, 2.05) is 0 Å². The first-order valence-corrected chi connectivity index (χ1v) is 4.22. The number of ether oxygens (including phenoxy) is 1. The van der Waals surface area contributed by atoms with Crippen molar-refractivity contribution in [1.29, 1.82) is 0 Å². The molecule has 2 saturated heterocycles. The summed E-state index contributed by atoms with van der Waals surface area (Å²) in [5, 5.41) is 0. The zero-order valence-corrected chi connectivity index (χ0v) is 6.55. The van der Waals surface area contributed by atoms with Crippen molar-refractivity contribution in [2.75, 3.05) is 19.7 Å². The van der Waals surface area contributed by atoms with Crippen LogP contribution in [0.5, 0.6) is 0 Å². The van der Waals surface area contributed by atoms with E-state index >= 15 is 0 Å². The van der Waals surface area contributed by atoms with Crippen LogP contribution in [0.25, 0.3) is 0 Å². The predicted octanol–water partition coefficient (Wildman–Crippen LogP) is 0.869. The topological polar surface area (TPSA) is 12.5 Å². The van der Waals surface area contributed by atoms with E-state index in [0.717, 1.165) is 19.2 Å². The Bertz CT molecular complexity index is 126. The van der Waals surface area contributed by atoms with Crippen molar-refractivity contribution in [1.82, 2.24) is 4.90 Å². The van der Waals surface area contributed by atoms with E-state index in [2.05, 4.69) is 11.8 Å². The van der Waals surface area contributed by atoms with Gasteiger partial charge in [-0.25, -0.2) is 0 Å².